The summed E-state index contributed by atoms with van der Waals surface area (Å²) in [6.45, 7) is 1.85. The molecule has 0 spiro atoms. The van der Waals surface area contributed by atoms with Crippen molar-refractivity contribution in [3.63, 3.8) is 0 Å². The summed E-state index contributed by atoms with van der Waals surface area (Å²) in [4.78, 5) is 16.3. The van der Waals surface area contributed by atoms with E-state index in [0.29, 0.717) is 5.82 Å². The third kappa shape index (κ3) is 3.75. The second-order valence-corrected chi connectivity index (χ2v) is 5.62. The van der Waals surface area contributed by atoms with E-state index in [4.69, 9.17) is 0 Å². The highest BCUT2D eigenvalue weighted by Gasteiger charge is 2.22. The highest BCUT2D eigenvalue weighted by Crippen LogP contribution is 2.20. The standard InChI is InChI=1S/C13H15N5OS.ClH/c1-8-15-12(18-17-8)9-3-2-4-10(5-9)16-13(19)11-6-20-7-14-11;/h2-5,11,14H,6-7H2,1H3,(H,16,19)(H,15,17,18);1H. The molecule has 3 N–H and O–H groups in total. The highest BCUT2D eigenvalue weighted by molar-refractivity contribution is 7.99. The Labute approximate surface area is 132 Å². The molecule has 1 aromatic carbocycles. The molecule has 1 unspecified atom stereocenters. The zero-order chi connectivity index (χ0) is 13.9. The molecule has 6 nitrogen and oxygen atoms in total. The Bertz CT molecular complexity index is 627. The zero-order valence-corrected chi connectivity index (χ0v) is 13.1. The number of carbonyl (C=O) groups is 1. The fraction of sp³-hybridized carbons (Fsp3) is 0.308. The van der Waals surface area contributed by atoms with Crippen LogP contribution in [0.1, 0.15) is 5.82 Å². The van der Waals surface area contributed by atoms with Crippen molar-refractivity contribution in [1.82, 2.24) is 20.5 Å². The molecule has 1 saturated heterocycles. The third-order valence-corrected chi connectivity index (χ3v) is 3.96. The Morgan fingerprint density at radius 1 is 1.48 bits per heavy atom. The van der Waals surface area contributed by atoms with E-state index in [1.165, 1.54) is 0 Å². The third-order valence-electron chi connectivity index (χ3n) is 3.02. The van der Waals surface area contributed by atoms with E-state index < -0.39 is 0 Å². The first kappa shape index (κ1) is 15.8. The maximum Gasteiger partial charge on any atom is 0.242 e. The lowest BCUT2D eigenvalue weighted by atomic mass is 10.2. The number of carbonyl (C=O) groups excluding carboxylic acids is 1. The van der Waals surface area contributed by atoms with Gasteiger partial charge in [-0.3, -0.25) is 15.2 Å². The molecule has 21 heavy (non-hydrogen) atoms. The molecule has 0 saturated carbocycles. The molecule has 1 aliphatic heterocycles. The number of rotatable bonds is 3. The molecule has 2 heterocycles. The molecule has 0 bridgehead atoms. The number of nitrogens with zero attached hydrogens (tertiary/aromatic N) is 2. The highest BCUT2D eigenvalue weighted by atomic mass is 35.5. The van der Waals surface area contributed by atoms with Crippen LogP contribution in [0.15, 0.2) is 24.3 Å². The summed E-state index contributed by atoms with van der Waals surface area (Å²) in [6, 6.07) is 7.43. The van der Waals surface area contributed by atoms with E-state index in [-0.39, 0.29) is 24.4 Å². The number of thioether (sulfide) groups is 1. The molecule has 1 amide bonds. The minimum Gasteiger partial charge on any atom is -0.325 e. The van der Waals surface area contributed by atoms with Gasteiger partial charge in [0.1, 0.15) is 5.82 Å². The first-order chi connectivity index (χ1) is 9.72. The van der Waals surface area contributed by atoms with Gasteiger partial charge in [-0.15, -0.1) is 24.2 Å². The number of aromatic nitrogens is 3. The van der Waals surface area contributed by atoms with E-state index in [1.54, 1.807) is 11.8 Å². The maximum atomic E-state index is 12.0. The molecule has 3 rings (SSSR count). The molecule has 0 aliphatic carbocycles. The van der Waals surface area contributed by atoms with Gasteiger partial charge in [-0.2, -0.15) is 5.10 Å². The largest absolute Gasteiger partial charge is 0.325 e. The van der Waals surface area contributed by atoms with Crippen LogP contribution in [0.25, 0.3) is 11.4 Å². The number of amides is 1. The Balaban J connectivity index is 0.00000161. The van der Waals surface area contributed by atoms with Gasteiger partial charge in [0.05, 0.1) is 6.04 Å². The normalized spacial score (nSPS) is 17.3. The van der Waals surface area contributed by atoms with Gasteiger partial charge in [0.25, 0.3) is 0 Å². The molecule has 8 heteroatoms. The van der Waals surface area contributed by atoms with Crippen molar-refractivity contribution < 1.29 is 4.79 Å². The van der Waals surface area contributed by atoms with Gasteiger partial charge < -0.3 is 5.32 Å². The van der Waals surface area contributed by atoms with E-state index in [1.807, 2.05) is 31.2 Å². The summed E-state index contributed by atoms with van der Waals surface area (Å²) in [5.74, 6) is 3.04. The van der Waals surface area contributed by atoms with Crippen molar-refractivity contribution >= 4 is 35.8 Å². The Hall–Kier alpha value is -1.57. The lowest BCUT2D eigenvalue weighted by molar-refractivity contribution is -0.117. The van der Waals surface area contributed by atoms with E-state index in [2.05, 4.69) is 25.8 Å². The van der Waals surface area contributed by atoms with Crippen LogP contribution in [-0.4, -0.2) is 38.8 Å². The van der Waals surface area contributed by atoms with Gasteiger partial charge >= 0.3 is 0 Å². The van der Waals surface area contributed by atoms with Gasteiger partial charge in [0.15, 0.2) is 5.82 Å². The number of benzene rings is 1. The first-order valence-electron chi connectivity index (χ1n) is 6.34. The van der Waals surface area contributed by atoms with Gasteiger partial charge in [-0.1, -0.05) is 12.1 Å². The topological polar surface area (TPSA) is 82.7 Å². The fourth-order valence-electron chi connectivity index (χ4n) is 2.00. The van der Waals surface area contributed by atoms with Gasteiger partial charge in [-0.05, 0) is 19.1 Å². The monoisotopic (exact) mass is 325 g/mol. The summed E-state index contributed by atoms with van der Waals surface area (Å²) in [5, 5.41) is 13.0. The fourth-order valence-corrected chi connectivity index (χ4v) is 2.94. The first-order valence-corrected chi connectivity index (χ1v) is 7.49. The van der Waals surface area contributed by atoms with Crippen LogP contribution in [0.3, 0.4) is 0 Å². The summed E-state index contributed by atoms with van der Waals surface area (Å²) >= 11 is 1.73. The molecule has 2 aromatic rings. The smallest absolute Gasteiger partial charge is 0.242 e. The lowest BCUT2D eigenvalue weighted by Crippen LogP contribution is -2.37. The van der Waals surface area contributed by atoms with Gasteiger partial charge in [0.2, 0.25) is 5.91 Å². The number of aromatic amines is 1. The Morgan fingerprint density at radius 2 is 2.33 bits per heavy atom. The molecule has 112 valence electrons. The quantitative estimate of drug-likeness (QED) is 0.801. The summed E-state index contributed by atoms with van der Waals surface area (Å²) in [7, 11) is 0. The minimum atomic E-state index is -0.116. The van der Waals surface area contributed by atoms with Crippen molar-refractivity contribution in [2.24, 2.45) is 0 Å². The van der Waals surface area contributed by atoms with Crippen LogP contribution in [0.2, 0.25) is 0 Å². The van der Waals surface area contributed by atoms with E-state index >= 15 is 0 Å². The summed E-state index contributed by atoms with van der Waals surface area (Å²) < 4.78 is 0. The molecule has 1 atom stereocenters. The van der Waals surface area contributed by atoms with Crippen molar-refractivity contribution in [3.05, 3.63) is 30.1 Å². The van der Waals surface area contributed by atoms with Crippen molar-refractivity contribution in [2.75, 3.05) is 16.9 Å². The number of hydrogen-bond acceptors (Lipinski definition) is 5. The predicted molar refractivity (Wildman–Crippen MR) is 86.7 cm³/mol. The average molecular weight is 326 g/mol. The van der Waals surface area contributed by atoms with Crippen LogP contribution in [-0.2, 0) is 4.79 Å². The predicted octanol–water partition coefficient (Wildman–Crippen LogP) is 1.80. The summed E-state index contributed by atoms with van der Waals surface area (Å²) in [5.41, 5.74) is 1.63. The SMILES string of the molecule is Cc1nc(-c2cccc(NC(=O)C3CSCN3)c2)n[nH]1.Cl. The molecule has 0 radical (unpaired) electrons. The van der Waals surface area contributed by atoms with Gasteiger partial charge in [-0.25, -0.2) is 4.98 Å². The van der Waals surface area contributed by atoms with E-state index in [9.17, 15) is 4.79 Å². The number of halogens is 1. The number of H-pyrrole nitrogens is 1. The average Bonchev–Trinajstić information content (AvgIpc) is 3.10. The van der Waals surface area contributed by atoms with Crippen LogP contribution >= 0.6 is 24.2 Å². The van der Waals surface area contributed by atoms with Crippen molar-refractivity contribution in [1.29, 1.82) is 0 Å². The molecular weight excluding hydrogens is 310 g/mol. The minimum absolute atomic E-state index is 0. The van der Waals surface area contributed by atoms with Crippen LogP contribution in [0.4, 0.5) is 5.69 Å². The second kappa shape index (κ2) is 6.93. The Morgan fingerprint density at radius 3 is 3.00 bits per heavy atom. The maximum absolute atomic E-state index is 12.0. The number of hydrogen-bond donors (Lipinski definition) is 3. The van der Waals surface area contributed by atoms with Crippen molar-refractivity contribution in [3.8, 4) is 11.4 Å². The zero-order valence-electron chi connectivity index (χ0n) is 11.4. The van der Waals surface area contributed by atoms with E-state index in [0.717, 1.165) is 28.7 Å². The van der Waals surface area contributed by atoms with Crippen LogP contribution in [0, 0.1) is 6.92 Å². The molecular formula is C13H16ClN5OS. The van der Waals surface area contributed by atoms with Crippen molar-refractivity contribution in [2.45, 2.75) is 13.0 Å². The molecule has 1 fully saturated rings. The molecule has 1 aliphatic rings. The number of nitrogens with one attached hydrogen (secondary N) is 3. The molecule has 1 aromatic heterocycles. The summed E-state index contributed by atoms with van der Waals surface area (Å²) in [6.07, 6.45) is 0. The second-order valence-electron chi connectivity index (χ2n) is 4.59. The van der Waals surface area contributed by atoms with Gasteiger partial charge in [0, 0.05) is 22.9 Å². The van der Waals surface area contributed by atoms with Crippen LogP contribution < -0.4 is 10.6 Å². The Kier molecular flexibility index (Phi) is 5.22. The lowest BCUT2D eigenvalue weighted by Gasteiger charge is -2.10. The number of anilines is 1. The number of aryl methyl sites for hydroxylation is 1. The van der Waals surface area contributed by atoms with Crippen LogP contribution in [0.5, 0.6) is 0 Å².